The monoisotopic (exact) mass is 356 g/mol. The molecule has 0 atom stereocenters. The second-order valence-electron chi connectivity index (χ2n) is 5.40. The molecule has 0 unspecified atom stereocenters. The van der Waals surface area contributed by atoms with E-state index in [0.717, 1.165) is 0 Å². The first-order valence-electron chi connectivity index (χ1n) is 7.93. The Morgan fingerprint density at radius 1 is 0.962 bits per heavy atom. The Hall–Kier alpha value is -3.35. The van der Waals surface area contributed by atoms with E-state index in [1.165, 1.54) is 14.0 Å². The summed E-state index contributed by atoms with van der Waals surface area (Å²) in [5, 5.41) is 5.08. The molecule has 0 radical (unpaired) electrons. The standard InChI is InChI=1S/C19H20N2O5/c1-13(22)14-6-5-7-15(10-14)21-18(23)11-20-19(24)12-26-17-9-4-3-8-16(17)25-2/h3-10H,11-12H2,1-2H3,(H,20,24)(H,21,23). The SMILES string of the molecule is COc1ccccc1OCC(=O)NCC(=O)Nc1cccc(C(C)=O)c1. The number of hydrogen-bond acceptors (Lipinski definition) is 5. The summed E-state index contributed by atoms with van der Waals surface area (Å²) in [6.45, 7) is 0.995. The average molecular weight is 356 g/mol. The van der Waals surface area contributed by atoms with Crippen molar-refractivity contribution in [2.75, 3.05) is 25.6 Å². The van der Waals surface area contributed by atoms with Crippen LogP contribution in [0.1, 0.15) is 17.3 Å². The van der Waals surface area contributed by atoms with E-state index in [1.54, 1.807) is 48.5 Å². The molecule has 2 aromatic rings. The van der Waals surface area contributed by atoms with Crippen LogP contribution in [0, 0.1) is 0 Å². The first kappa shape index (κ1) is 19.0. The zero-order valence-electron chi connectivity index (χ0n) is 14.6. The maximum absolute atomic E-state index is 11.9. The van der Waals surface area contributed by atoms with E-state index in [-0.39, 0.29) is 18.9 Å². The lowest BCUT2D eigenvalue weighted by Crippen LogP contribution is -2.35. The number of Topliss-reactive ketones (excluding diaryl/α,β-unsaturated/α-hetero) is 1. The second-order valence-corrected chi connectivity index (χ2v) is 5.40. The molecule has 2 amide bonds. The van der Waals surface area contributed by atoms with Gasteiger partial charge in [-0.25, -0.2) is 0 Å². The van der Waals surface area contributed by atoms with Gasteiger partial charge < -0.3 is 20.1 Å². The van der Waals surface area contributed by atoms with Gasteiger partial charge >= 0.3 is 0 Å². The van der Waals surface area contributed by atoms with Gasteiger partial charge in [-0.3, -0.25) is 14.4 Å². The average Bonchev–Trinajstić information content (AvgIpc) is 2.65. The summed E-state index contributed by atoms with van der Waals surface area (Å²) < 4.78 is 10.5. The van der Waals surface area contributed by atoms with Gasteiger partial charge in [0.15, 0.2) is 23.9 Å². The molecule has 2 rings (SSSR count). The van der Waals surface area contributed by atoms with E-state index < -0.39 is 11.8 Å². The predicted molar refractivity (Wildman–Crippen MR) is 96.6 cm³/mol. The lowest BCUT2D eigenvalue weighted by atomic mass is 10.1. The molecule has 0 heterocycles. The number of nitrogens with one attached hydrogen (secondary N) is 2. The van der Waals surface area contributed by atoms with Crippen LogP contribution in [0.3, 0.4) is 0 Å². The predicted octanol–water partition coefficient (Wildman–Crippen LogP) is 2.03. The lowest BCUT2D eigenvalue weighted by Gasteiger charge is -2.11. The van der Waals surface area contributed by atoms with Crippen LogP contribution in [-0.2, 0) is 9.59 Å². The van der Waals surface area contributed by atoms with Crippen molar-refractivity contribution in [1.82, 2.24) is 5.32 Å². The van der Waals surface area contributed by atoms with Crippen molar-refractivity contribution in [2.24, 2.45) is 0 Å². The molecule has 0 saturated heterocycles. The first-order valence-corrected chi connectivity index (χ1v) is 7.93. The summed E-state index contributed by atoms with van der Waals surface area (Å²) in [4.78, 5) is 35.1. The highest BCUT2D eigenvalue weighted by Crippen LogP contribution is 2.25. The summed E-state index contributed by atoms with van der Waals surface area (Å²) in [5.41, 5.74) is 0.985. The van der Waals surface area contributed by atoms with Gasteiger partial charge in [0.1, 0.15) is 0 Å². The van der Waals surface area contributed by atoms with Crippen LogP contribution in [0.15, 0.2) is 48.5 Å². The van der Waals surface area contributed by atoms with Gasteiger partial charge in [0.2, 0.25) is 5.91 Å². The molecule has 0 aliphatic heterocycles. The molecule has 136 valence electrons. The van der Waals surface area contributed by atoms with Crippen molar-refractivity contribution in [3.05, 3.63) is 54.1 Å². The molecule has 0 aliphatic carbocycles. The Balaban J connectivity index is 1.79. The number of carbonyl (C=O) groups excluding carboxylic acids is 3. The van der Waals surface area contributed by atoms with E-state index in [9.17, 15) is 14.4 Å². The quantitative estimate of drug-likeness (QED) is 0.706. The van der Waals surface area contributed by atoms with E-state index in [0.29, 0.717) is 22.7 Å². The Morgan fingerprint density at radius 3 is 2.38 bits per heavy atom. The van der Waals surface area contributed by atoms with E-state index >= 15 is 0 Å². The van der Waals surface area contributed by atoms with Crippen LogP contribution in [0.25, 0.3) is 0 Å². The number of methoxy groups -OCH3 is 1. The first-order chi connectivity index (χ1) is 12.5. The van der Waals surface area contributed by atoms with Gasteiger partial charge in [-0.15, -0.1) is 0 Å². The molecule has 0 bridgehead atoms. The van der Waals surface area contributed by atoms with Crippen LogP contribution >= 0.6 is 0 Å². The van der Waals surface area contributed by atoms with E-state index in [4.69, 9.17) is 9.47 Å². The zero-order chi connectivity index (χ0) is 18.9. The van der Waals surface area contributed by atoms with Crippen LogP contribution in [0.4, 0.5) is 5.69 Å². The highest BCUT2D eigenvalue weighted by Gasteiger charge is 2.09. The van der Waals surface area contributed by atoms with Gasteiger partial charge in [0.05, 0.1) is 13.7 Å². The number of hydrogen-bond donors (Lipinski definition) is 2. The topological polar surface area (TPSA) is 93.7 Å². The maximum Gasteiger partial charge on any atom is 0.258 e. The fourth-order valence-corrected chi connectivity index (χ4v) is 2.13. The fraction of sp³-hybridized carbons (Fsp3) is 0.211. The molecule has 0 saturated carbocycles. The summed E-state index contributed by atoms with van der Waals surface area (Å²) in [7, 11) is 1.51. The molecule has 7 heteroatoms. The van der Waals surface area contributed by atoms with E-state index in [1.807, 2.05) is 0 Å². The number of anilines is 1. The number of ketones is 1. The molecule has 26 heavy (non-hydrogen) atoms. The Labute approximate surface area is 151 Å². The summed E-state index contributed by atoms with van der Waals surface area (Å²) in [5.74, 6) is 0.0156. The third-order valence-corrected chi connectivity index (χ3v) is 3.43. The minimum Gasteiger partial charge on any atom is -0.493 e. The summed E-state index contributed by atoms with van der Waals surface area (Å²) in [6, 6.07) is 13.5. The largest absolute Gasteiger partial charge is 0.493 e. The smallest absolute Gasteiger partial charge is 0.258 e. The zero-order valence-corrected chi connectivity index (χ0v) is 14.6. The van der Waals surface area contributed by atoms with Gasteiger partial charge in [-0.2, -0.15) is 0 Å². The van der Waals surface area contributed by atoms with Gasteiger partial charge in [0.25, 0.3) is 5.91 Å². The molecule has 2 N–H and O–H groups in total. The lowest BCUT2D eigenvalue weighted by molar-refractivity contribution is -0.125. The summed E-state index contributed by atoms with van der Waals surface area (Å²) >= 11 is 0. The van der Waals surface area contributed by atoms with Crippen molar-refractivity contribution >= 4 is 23.3 Å². The summed E-state index contributed by atoms with van der Waals surface area (Å²) in [6.07, 6.45) is 0. The van der Waals surface area contributed by atoms with Gasteiger partial charge in [0, 0.05) is 11.3 Å². The van der Waals surface area contributed by atoms with Gasteiger partial charge in [-0.05, 0) is 31.2 Å². The minimum atomic E-state index is -0.441. The Kier molecular flexibility index (Phi) is 6.73. The number of amides is 2. The molecule has 0 aromatic heterocycles. The molecule has 0 fully saturated rings. The number of para-hydroxylation sites is 2. The van der Waals surface area contributed by atoms with Crippen molar-refractivity contribution in [3.63, 3.8) is 0 Å². The molecular weight excluding hydrogens is 336 g/mol. The number of ether oxygens (including phenoxy) is 2. The van der Waals surface area contributed by atoms with E-state index in [2.05, 4.69) is 10.6 Å². The van der Waals surface area contributed by atoms with Crippen LogP contribution in [0.2, 0.25) is 0 Å². The van der Waals surface area contributed by atoms with Crippen molar-refractivity contribution in [1.29, 1.82) is 0 Å². The Bertz CT molecular complexity index is 804. The highest BCUT2D eigenvalue weighted by atomic mass is 16.5. The Morgan fingerprint density at radius 2 is 1.69 bits per heavy atom. The molecule has 0 aliphatic rings. The number of carbonyl (C=O) groups is 3. The number of rotatable bonds is 8. The molecule has 7 nitrogen and oxygen atoms in total. The van der Waals surface area contributed by atoms with Crippen molar-refractivity contribution in [3.8, 4) is 11.5 Å². The third kappa shape index (κ3) is 5.62. The van der Waals surface area contributed by atoms with Crippen molar-refractivity contribution in [2.45, 2.75) is 6.92 Å². The highest BCUT2D eigenvalue weighted by molar-refractivity contribution is 5.98. The third-order valence-electron chi connectivity index (χ3n) is 3.43. The van der Waals surface area contributed by atoms with Crippen LogP contribution in [-0.4, -0.2) is 37.9 Å². The number of benzene rings is 2. The maximum atomic E-state index is 11.9. The minimum absolute atomic E-state index is 0.0945. The normalized spacial score (nSPS) is 9.92. The van der Waals surface area contributed by atoms with Gasteiger partial charge in [-0.1, -0.05) is 24.3 Å². The van der Waals surface area contributed by atoms with Crippen LogP contribution < -0.4 is 20.1 Å². The molecule has 0 spiro atoms. The van der Waals surface area contributed by atoms with Crippen LogP contribution in [0.5, 0.6) is 11.5 Å². The molecule has 2 aromatic carbocycles. The second kappa shape index (κ2) is 9.22. The molecular formula is C19H20N2O5. The van der Waals surface area contributed by atoms with Crippen molar-refractivity contribution < 1.29 is 23.9 Å². The fourth-order valence-electron chi connectivity index (χ4n) is 2.13.